The predicted molar refractivity (Wildman–Crippen MR) is 127 cm³/mol. The van der Waals surface area contributed by atoms with Crippen molar-refractivity contribution in [3.8, 4) is 5.75 Å². The Hall–Kier alpha value is -2.54. The van der Waals surface area contributed by atoms with Gasteiger partial charge in [0, 0.05) is 5.02 Å². The van der Waals surface area contributed by atoms with Crippen LogP contribution >= 0.6 is 39.3 Å². The van der Waals surface area contributed by atoms with Gasteiger partial charge in [-0.2, -0.15) is 0 Å². The number of ether oxygens (including phenoxy) is 1. The maximum atomic E-state index is 12.3. The maximum absolute atomic E-state index is 12.3. The summed E-state index contributed by atoms with van der Waals surface area (Å²) in [6.45, 7) is 0.438. The fraction of sp³-hybridized carbons (Fsp3) is 0.0435. The van der Waals surface area contributed by atoms with Crippen molar-refractivity contribution >= 4 is 62.1 Å². The van der Waals surface area contributed by atoms with Gasteiger partial charge in [-0.1, -0.05) is 48.0 Å². The summed E-state index contributed by atoms with van der Waals surface area (Å²) >= 11 is 10.8. The van der Waals surface area contributed by atoms with Gasteiger partial charge in [0.05, 0.1) is 15.1 Å². The number of halogens is 2. The van der Waals surface area contributed by atoms with Crippen LogP contribution in [0.1, 0.15) is 11.1 Å². The number of para-hydroxylation sites is 1. The van der Waals surface area contributed by atoms with Crippen LogP contribution < -0.4 is 10.1 Å². The molecule has 30 heavy (non-hydrogen) atoms. The van der Waals surface area contributed by atoms with Gasteiger partial charge in [0.25, 0.3) is 5.91 Å². The summed E-state index contributed by atoms with van der Waals surface area (Å²) in [6.07, 6.45) is 1.83. The molecule has 1 aliphatic rings. The molecule has 1 heterocycles. The standard InChI is InChI=1S/C23H16BrClN2O2S/c24-19-12-16(8-11-20(19)29-14-15-6-9-17(25)10-7-15)13-21-22(28)27-23(30-21)26-18-4-2-1-3-5-18/h1-13H,14H2,(H,26,27,28)/b21-13-. The molecule has 1 saturated heterocycles. The quantitative estimate of drug-likeness (QED) is 0.404. The zero-order valence-corrected chi connectivity index (χ0v) is 18.8. The molecule has 0 aliphatic carbocycles. The number of hydrogen-bond acceptors (Lipinski definition) is 4. The molecule has 7 heteroatoms. The van der Waals surface area contributed by atoms with Crippen molar-refractivity contribution in [2.75, 3.05) is 0 Å². The number of hydrogen-bond donors (Lipinski definition) is 1. The average Bonchev–Trinajstić information content (AvgIpc) is 3.08. The number of benzene rings is 3. The molecule has 4 nitrogen and oxygen atoms in total. The summed E-state index contributed by atoms with van der Waals surface area (Å²) in [6, 6.07) is 22.8. The highest BCUT2D eigenvalue weighted by Gasteiger charge is 2.23. The van der Waals surface area contributed by atoms with Crippen LogP contribution in [0.2, 0.25) is 5.02 Å². The Morgan fingerprint density at radius 2 is 1.83 bits per heavy atom. The number of rotatable bonds is 5. The molecule has 3 aromatic rings. The van der Waals surface area contributed by atoms with E-state index in [1.807, 2.05) is 78.9 Å². The number of nitrogens with one attached hydrogen (secondary N) is 1. The van der Waals surface area contributed by atoms with E-state index >= 15 is 0 Å². The molecule has 0 aromatic heterocycles. The Bertz CT molecular complexity index is 1130. The highest BCUT2D eigenvalue weighted by atomic mass is 79.9. The summed E-state index contributed by atoms with van der Waals surface area (Å²) in [4.78, 5) is 17.3. The number of carbonyl (C=O) groups is 1. The van der Waals surface area contributed by atoms with Crippen molar-refractivity contribution in [1.82, 2.24) is 5.32 Å². The van der Waals surface area contributed by atoms with Gasteiger partial charge in [0.2, 0.25) is 0 Å². The topological polar surface area (TPSA) is 50.7 Å². The molecule has 4 rings (SSSR count). The second-order valence-electron chi connectivity index (χ2n) is 6.42. The minimum atomic E-state index is -0.158. The first-order chi connectivity index (χ1) is 14.6. The molecule has 0 unspecified atom stereocenters. The third-order valence-electron chi connectivity index (χ3n) is 4.20. The highest BCUT2D eigenvalue weighted by molar-refractivity contribution is 9.10. The van der Waals surface area contributed by atoms with Gasteiger partial charge in [-0.3, -0.25) is 4.79 Å². The summed E-state index contributed by atoms with van der Waals surface area (Å²) < 4.78 is 6.69. The number of amidine groups is 1. The fourth-order valence-electron chi connectivity index (χ4n) is 2.72. The Morgan fingerprint density at radius 3 is 2.57 bits per heavy atom. The number of nitrogens with zero attached hydrogens (tertiary/aromatic N) is 1. The lowest BCUT2D eigenvalue weighted by Gasteiger charge is -2.09. The molecule has 1 aliphatic heterocycles. The van der Waals surface area contributed by atoms with Crippen LogP contribution in [0.3, 0.4) is 0 Å². The molecular formula is C23H16BrClN2O2S. The van der Waals surface area contributed by atoms with Crippen LogP contribution in [0.5, 0.6) is 5.75 Å². The van der Waals surface area contributed by atoms with Gasteiger partial charge in [-0.15, -0.1) is 0 Å². The molecule has 1 N–H and O–H groups in total. The molecule has 1 fully saturated rings. The molecule has 3 aromatic carbocycles. The summed E-state index contributed by atoms with van der Waals surface area (Å²) in [5.74, 6) is 0.566. The molecule has 0 saturated carbocycles. The Morgan fingerprint density at radius 1 is 1.07 bits per heavy atom. The zero-order valence-electron chi connectivity index (χ0n) is 15.6. The van der Waals surface area contributed by atoms with Crippen LogP contribution in [0.15, 0.2) is 87.2 Å². The number of amides is 1. The number of carbonyl (C=O) groups excluding carboxylic acids is 1. The van der Waals surface area contributed by atoms with Gasteiger partial charge in [-0.25, -0.2) is 4.99 Å². The maximum Gasteiger partial charge on any atom is 0.264 e. The Labute approximate surface area is 192 Å². The zero-order chi connectivity index (χ0) is 20.9. The van der Waals surface area contributed by atoms with Crippen LogP contribution in [-0.4, -0.2) is 11.1 Å². The van der Waals surface area contributed by atoms with E-state index in [1.54, 1.807) is 0 Å². The van der Waals surface area contributed by atoms with Crippen LogP contribution in [-0.2, 0) is 11.4 Å². The van der Waals surface area contributed by atoms with Crippen LogP contribution in [0.4, 0.5) is 5.69 Å². The monoisotopic (exact) mass is 498 g/mol. The van der Waals surface area contributed by atoms with Gasteiger partial charge in [0.1, 0.15) is 12.4 Å². The van der Waals surface area contributed by atoms with E-state index in [0.717, 1.165) is 27.0 Å². The van der Waals surface area contributed by atoms with Crippen molar-refractivity contribution in [2.45, 2.75) is 6.61 Å². The Balaban J connectivity index is 1.45. The smallest absolute Gasteiger partial charge is 0.264 e. The second kappa shape index (κ2) is 9.51. The molecule has 1 amide bonds. The van der Waals surface area contributed by atoms with E-state index < -0.39 is 0 Å². The number of aliphatic imine (C=N–C) groups is 1. The van der Waals surface area contributed by atoms with Gasteiger partial charge < -0.3 is 10.1 Å². The average molecular weight is 500 g/mol. The van der Waals surface area contributed by atoms with E-state index in [4.69, 9.17) is 16.3 Å². The molecule has 0 spiro atoms. The van der Waals surface area contributed by atoms with E-state index in [1.165, 1.54) is 11.8 Å². The summed E-state index contributed by atoms with van der Waals surface area (Å²) in [5.41, 5.74) is 2.72. The first kappa shape index (κ1) is 20.7. The van der Waals surface area contributed by atoms with E-state index in [0.29, 0.717) is 21.7 Å². The lowest BCUT2D eigenvalue weighted by molar-refractivity contribution is -0.115. The molecule has 0 atom stereocenters. The molecule has 0 radical (unpaired) electrons. The highest BCUT2D eigenvalue weighted by Crippen LogP contribution is 2.31. The van der Waals surface area contributed by atoms with Crippen molar-refractivity contribution in [3.63, 3.8) is 0 Å². The largest absolute Gasteiger partial charge is 0.488 e. The third kappa shape index (κ3) is 5.33. The SMILES string of the molecule is O=C1NC(=Nc2ccccc2)S/C1=C\c1ccc(OCc2ccc(Cl)cc2)c(Br)c1. The fourth-order valence-corrected chi connectivity index (χ4v) is 4.20. The van der Waals surface area contributed by atoms with E-state index in [-0.39, 0.29) is 5.91 Å². The first-order valence-electron chi connectivity index (χ1n) is 9.08. The van der Waals surface area contributed by atoms with Crippen molar-refractivity contribution in [2.24, 2.45) is 4.99 Å². The van der Waals surface area contributed by atoms with Crippen molar-refractivity contribution in [1.29, 1.82) is 0 Å². The van der Waals surface area contributed by atoms with Crippen molar-refractivity contribution < 1.29 is 9.53 Å². The molecule has 0 bridgehead atoms. The second-order valence-corrected chi connectivity index (χ2v) is 8.74. The lowest BCUT2D eigenvalue weighted by atomic mass is 10.2. The van der Waals surface area contributed by atoms with E-state index in [2.05, 4.69) is 26.2 Å². The summed E-state index contributed by atoms with van der Waals surface area (Å²) in [5, 5.41) is 4.07. The number of thioether (sulfide) groups is 1. The normalized spacial score (nSPS) is 16.1. The minimum absolute atomic E-state index is 0.158. The third-order valence-corrected chi connectivity index (χ3v) is 5.98. The van der Waals surface area contributed by atoms with E-state index in [9.17, 15) is 4.79 Å². The minimum Gasteiger partial charge on any atom is -0.488 e. The van der Waals surface area contributed by atoms with Crippen molar-refractivity contribution in [3.05, 3.63) is 98.3 Å². The van der Waals surface area contributed by atoms with Crippen LogP contribution in [0, 0.1) is 0 Å². The summed E-state index contributed by atoms with van der Waals surface area (Å²) in [7, 11) is 0. The lowest BCUT2D eigenvalue weighted by Crippen LogP contribution is -2.19. The Kier molecular flexibility index (Phi) is 6.57. The van der Waals surface area contributed by atoms with Gasteiger partial charge in [-0.05, 0) is 81.3 Å². The first-order valence-corrected chi connectivity index (χ1v) is 11.1. The predicted octanol–water partition coefficient (Wildman–Crippen LogP) is 6.57. The van der Waals surface area contributed by atoms with Gasteiger partial charge >= 0.3 is 0 Å². The molecule has 150 valence electrons. The van der Waals surface area contributed by atoms with Crippen LogP contribution in [0.25, 0.3) is 6.08 Å². The molecular weight excluding hydrogens is 484 g/mol. The van der Waals surface area contributed by atoms with Gasteiger partial charge in [0.15, 0.2) is 5.17 Å².